The summed E-state index contributed by atoms with van der Waals surface area (Å²) in [6.07, 6.45) is 1.69. The van der Waals surface area contributed by atoms with E-state index in [1.54, 1.807) is 0 Å². The number of piperidine rings is 1. The Balaban J connectivity index is 1.49. The lowest BCUT2D eigenvalue weighted by Gasteiger charge is -2.32. The number of nitrogens with zero attached hydrogens (tertiary/aromatic N) is 3. The number of aryl methyl sites for hydroxylation is 3. The Morgan fingerprint density at radius 1 is 1.36 bits per heavy atom. The van der Waals surface area contributed by atoms with Gasteiger partial charge in [-0.1, -0.05) is 17.7 Å². The van der Waals surface area contributed by atoms with Crippen molar-refractivity contribution in [2.75, 3.05) is 26.2 Å². The van der Waals surface area contributed by atoms with E-state index in [1.165, 1.54) is 5.56 Å². The van der Waals surface area contributed by atoms with Gasteiger partial charge in [-0.2, -0.15) is 5.10 Å². The number of aliphatic hydroxyl groups is 1. The first-order chi connectivity index (χ1) is 12.0. The van der Waals surface area contributed by atoms with Crippen LogP contribution in [-0.4, -0.2) is 57.5 Å². The van der Waals surface area contributed by atoms with E-state index in [0.29, 0.717) is 19.1 Å². The third kappa shape index (κ3) is 4.80. The van der Waals surface area contributed by atoms with Gasteiger partial charge in [-0.3, -0.25) is 10.00 Å². The number of nitrogens with one attached hydrogen (secondary N) is 1. The van der Waals surface area contributed by atoms with Gasteiger partial charge in [0.1, 0.15) is 24.3 Å². The molecule has 2 N–H and O–H groups in total. The van der Waals surface area contributed by atoms with E-state index >= 15 is 0 Å². The van der Waals surface area contributed by atoms with Crippen molar-refractivity contribution in [2.45, 2.75) is 45.6 Å². The largest absolute Gasteiger partial charge is 0.491 e. The van der Waals surface area contributed by atoms with Crippen LogP contribution in [0.3, 0.4) is 0 Å². The van der Waals surface area contributed by atoms with Crippen molar-refractivity contribution < 1.29 is 9.84 Å². The molecule has 136 valence electrons. The van der Waals surface area contributed by atoms with Crippen molar-refractivity contribution in [1.29, 1.82) is 0 Å². The number of benzene rings is 1. The highest BCUT2D eigenvalue weighted by atomic mass is 16.5. The van der Waals surface area contributed by atoms with E-state index in [4.69, 9.17) is 4.74 Å². The fraction of sp³-hybridized carbons (Fsp3) is 0.579. The SMILES string of the molecule is Cc1ccc(OCC(O)CN2CCCC(c3n[nH]c(C)n3)C2)c(C)c1. The van der Waals surface area contributed by atoms with Crippen LogP contribution in [0.1, 0.15) is 41.5 Å². The first-order valence-corrected chi connectivity index (χ1v) is 9.00. The Kier molecular flexibility index (Phi) is 5.71. The van der Waals surface area contributed by atoms with Crippen LogP contribution in [0.25, 0.3) is 0 Å². The normalized spacial score (nSPS) is 19.8. The molecule has 2 unspecified atom stereocenters. The smallest absolute Gasteiger partial charge is 0.155 e. The standard InChI is InChI=1S/C19H28N4O2/c1-13-6-7-18(14(2)9-13)25-12-17(24)11-23-8-4-5-16(10-23)19-20-15(3)21-22-19/h6-7,9,16-17,24H,4-5,8,10-12H2,1-3H3,(H,20,21,22). The molecule has 1 aliphatic rings. The van der Waals surface area contributed by atoms with Crippen molar-refractivity contribution in [3.05, 3.63) is 41.0 Å². The molecule has 0 aliphatic carbocycles. The maximum Gasteiger partial charge on any atom is 0.155 e. The fourth-order valence-corrected chi connectivity index (χ4v) is 3.47. The van der Waals surface area contributed by atoms with Gasteiger partial charge in [0, 0.05) is 19.0 Å². The van der Waals surface area contributed by atoms with E-state index in [0.717, 1.165) is 48.9 Å². The minimum absolute atomic E-state index is 0.310. The summed E-state index contributed by atoms with van der Waals surface area (Å²) < 4.78 is 5.80. The highest BCUT2D eigenvalue weighted by molar-refractivity contribution is 5.35. The summed E-state index contributed by atoms with van der Waals surface area (Å²) in [6, 6.07) is 6.10. The first-order valence-electron chi connectivity index (χ1n) is 9.00. The van der Waals surface area contributed by atoms with Gasteiger partial charge < -0.3 is 9.84 Å². The van der Waals surface area contributed by atoms with Crippen LogP contribution in [0.2, 0.25) is 0 Å². The number of likely N-dealkylation sites (tertiary alicyclic amines) is 1. The monoisotopic (exact) mass is 344 g/mol. The first kappa shape index (κ1) is 17.9. The zero-order valence-corrected chi connectivity index (χ0v) is 15.3. The lowest BCUT2D eigenvalue weighted by Crippen LogP contribution is -2.41. The number of hydrogen-bond donors (Lipinski definition) is 2. The van der Waals surface area contributed by atoms with Crippen molar-refractivity contribution >= 4 is 0 Å². The number of β-amino-alcohol motifs (C(OH)–C–C–N with tert-alkyl or cyclic N) is 1. The molecule has 0 spiro atoms. The Bertz CT molecular complexity index is 700. The number of aromatic amines is 1. The average Bonchev–Trinajstić information content (AvgIpc) is 3.01. The molecule has 1 aliphatic heterocycles. The second-order valence-electron chi connectivity index (χ2n) is 7.11. The van der Waals surface area contributed by atoms with Gasteiger partial charge in [0.2, 0.25) is 0 Å². The van der Waals surface area contributed by atoms with E-state index in [2.05, 4.69) is 33.1 Å². The maximum atomic E-state index is 10.4. The quantitative estimate of drug-likeness (QED) is 0.841. The van der Waals surface area contributed by atoms with E-state index in [9.17, 15) is 5.11 Å². The van der Waals surface area contributed by atoms with Gasteiger partial charge in [0.15, 0.2) is 5.82 Å². The van der Waals surface area contributed by atoms with Crippen LogP contribution in [0, 0.1) is 20.8 Å². The number of aliphatic hydroxyl groups excluding tert-OH is 1. The molecule has 1 fully saturated rings. The van der Waals surface area contributed by atoms with Crippen LogP contribution in [0.15, 0.2) is 18.2 Å². The summed E-state index contributed by atoms with van der Waals surface area (Å²) in [7, 11) is 0. The predicted molar refractivity (Wildman–Crippen MR) is 97.0 cm³/mol. The molecule has 1 saturated heterocycles. The van der Waals surface area contributed by atoms with Crippen LogP contribution in [0.5, 0.6) is 5.75 Å². The zero-order chi connectivity index (χ0) is 17.8. The predicted octanol–water partition coefficient (Wildman–Crippen LogP) is 2.35. The molecule has 2 atom stereocenters. The van der Waals surface area contributed by atoms with Crippen LogP contribution in [-0.2, 0) is 0 Å². The Labute approximate surface area is 149 Å². The molecule has 1 aromatic carbocycles. The van der Waals surface area contributed by atoms with Crippen LogP contribution >= 0.6 is 0 Å². The van der Waals surface area contributed by atoms with Gasteiger partial charge in [0.25, 0.3) is 0 Å². The summed E-state index contributed by atoms with van der Waals surface area (Å²) in [5.74, 6) is 2.93. The molecular formula is C19H28N4O2. The number of rotatable bonds is 6. The van der Waals surface area contributed by atoms with Gasteiger partial charge >= 0.3 is 0 Å². The molecule has 3 rings (SSSR count). The molecule has 0 radical (unpaired) electrons. The molecule has 1 aromatic heterocycles. The lowest BCUT2D eigenvalue weighted by atomic mass is 9.97. The molecule has 0 amide bonds. The molecule has 0 bridgehead atoms. The van der Waals surface area contributed by atoms with Crippen molar-refractivity contribution in [1.82, 2.24) is 20.1 Å². The van der Waals surface area contributed by atoms with E-state index in [1.807, 2.05) is 26.0 Å². The highest BCUT2D eigenvalue weighted by Gasteiger charge is 2.25. The minimum atomic E-state index is -0.506. The van der Waals surface area contributed by atoms with Crippen molar-refractivity contribution in [3.63, 3.8) is 0 Å². The topological polar surface area (TPSA) is 74.3 Å². The number of ether oxygens (including phenoxy) is 1. The molecule has 2 aromatic rings. The van der Waals surface area contributed by atoms with Crippen LogP contribution < -0.4 is 4.74 Å². The van der Waals surface area contributed by atoms with E-state index in [-0.39, 0.29) is 0 Å². The third-order valence-electron chi connectivity index (χ3n) is 4.72. The summed E-state index contributed by atoms with van der Waals surface area (Å²) in [5.41, 5.74) is 2.32. The second-order valence-corrected chi connectivity index (χ2v) is 7.11. The molecule has 2 heterocycles. The fourth-order valence-electron chi connectivity index (χ4n) is 3.47. The summed E-state index contributed by atoms with van der Waals surface area (Å²) in [6.45, 7) is 8.83. The molecule has 25 heavy (non-hydrogen) atoms. The zero-order valence-electron chi connectivity index (χ0n) is 15.3. The number of hydrogen-bond acceptors (Lipinski definition) is 5. The Morgan fingerprint density at radius 2 is 2.20 bits per heavy atom. The maximum absolute atomic E-state index is 10.4. The van der Waals surface area contributed by atoms with Gasteiger partial charge in [-0.15, -0.1) is 0 Å². The summed E-state index contributed by atoms with van der Waals surface area (Å²) in [5, 5.41) is 17.6. The summed E-state index contributed by atoms with van der Waals surface area (Å²) >= 11 is 0. The minimum Gasteiger partial charge on any atom is -0.491 e. The molecule has 6 nitrogen and oxygen atoms in total. The molecule has 6 heteroatoms. The van der Waals surface area contributed by atoms with Crippen molar-refractivity contribution in [3.8, 4) is 5.75 Å². The van der Waals surface area contributed by atoms with Gasteiger partial charge in [-0.05, 0) is 51.8 Å². The summed E-state index contributed by atoms with van der Waals surface area (Å²) in [4.78, 5) is 6.75. The Hall–Kier alpha value is -1.92. The lowest BCUT2D eigenvalue weighted by molar-refractivity contribution is 0.0576. The Morgan fingerprint density at radius 3 is 2.92 bits per heavy atom. The van der Waals surface area contributed by atoms with Gasteiger partial charge in [-0.25, -0.2) is 4.98 Å². The molecule has 0 saturated carbocycles. The average molecular weight is 344 g/mol. The third-order valence-corrected chi connectivity index (χ3v) is 4.72. The van der Waals surface area contributed by atoms with E-state index < -0.39 is 6.10 Å². The highest BCUT2D eigenvalue weighted by Crippen LogP contribution is 2.24. The van der Waals surface area contributed by atoms with Crippen molar-refractivity contribution in [2.24, 2.45) is 0 Å². The molecular weight excluding hydrogens is 316 g/mol. The number of aromatic nitrogens is 3. The number of H-pyrrole nitrogens is 1. The van der Waals surface area contributed by atoms with Gasteiger partial charge in [0.05, 0.1) is 0 Å². The second kappa shape index (κ2) is 7.97. The van der Waals surface area contributed by atoms with Crippen LogP contribution in [0.4, 0.5) is 0 Å².